The van der Waals surface area contributed by atoms with Gasteiger partial charge >= 0.3 is 6.18 Å². The van der Waals surface area contributed by atoms with Gasteiger partial charge in [-0.2, -0.15) is 13.2 Å². The van der Waals surface area contributed by atoms with Crippen molar-refractivity contribution in [3.63, 3.8) is 0 Å². The van der Waals surface area contributed by atoms with Crippen molar-refractivity contribution >= 4 is 34.0 Å². The molecule has 0 unspecified atom stereocenters. The zero-order valence-corrected chi connectivity index (χ0v) is 14.9. The Hall–Kier alpha value is -0.580. The van der Waals surface area contributed by atoms with E-state index in [9.17, 15) is 21.6 Å². The van der Waals surface area contributed by atoms with E-state index in [0.717, 1.165) is 12.1 Å². The van der Waals surface area contributed by atoms with Gasteiger partial charge in [-0.1, -0.05) is 11.6 Å². The second kappa shape index (κ2) is 8.68. The number of hydrogen-bond acceptors (Lipinski definition) is 4. The average Bonchev–Trinajstić information content (AvgIpc) is 2.47. The van der Waals surface area contributed by atoms with Crippen LogP contribution in [0.4, 0.5) is 13.2 Å². The van der Waals surface area contributed by atoms with Gasteiger partial charge in [0.15, 0.2) is 0 Å². The predicted octanol–water partition coefficient (Wildman–Crippen LogP) is 2.39. The Morgan fingerprint density at radius 3 is 2.46 bits per heavy atom. The van der Waals surface area contributed by atoms with Gasteiger partial charge in [0, 0.05) is 26.2 Å². The quantitative estimate of drug-likeness (QED) is 0.812. The van der Waals surface area contributed by atoms with E-state index in [1.807, 2.05) is 4.90 Å². The van der Waals surface area contributed by atoms with Gasteiger partial charge in [0.05, 0.1) is 23.8 Å². The molecule has 0 amide bonds. The third-order valence-corrected chi connectivity index (χ3v) is 5.31. The zero-order valence-electron chi connectivity index (χ0n) is 12.5. The molecule has 0 bridgehead atoms. The molecule has 0 atom stereocenters. The standard InChI is InChI=1S/C13H16ClF3N2O3S.ClH/c14-11-2-1-10(13(15,16)17)9-12(11)23(20,21)18-3-4-19-5-7-22-8-6-19;/h1-2,9,18H,3-8H2;1H. The minimum atomic E-state index is -4.64. The molecule has 1 aliphatic rings. The van der Waals surface area contributed by atoms with Gasteiger partial charge < -0.3 is 4.74 Å². The number of sulfonamides is 1. The third-order valence-electron chi connectivity index (χ3n) is 3.37. The number of halogens is 5. The van der Waals surface area contributed by atoms with Gasteiger partial charge in [-0.15, -0.1) is 12.4 Å². The Kier molecular flexibility index (Phi) is 7.76. The molecule has 138 valence electrons. The van der Waals surface area contributed by atoms with Crippen LogP contribution in [-0.2, 0) is 20.9 Å². The molecule has 0 aromatic heterocycles. The van der Waals surface area contributed by atoms with E-state index in [4.69, 9.17) is 16.3 Å². The molecule has 1 N–H and O–H groups in total. The summed E-state index contributed by atoms with van der Waals surface area (Å²) >= 11 is 5.74. The largest absolute Gasteiger partial charge is 0.416 e. The number of morpholine rings is 1. The lowest BCUT2D eigenvalue weighted by Crippen LogP contribution is -2.41. The second-order valence-electron chi connectivity index (χ2n) is 4.99. The molecule has 1 heterocycles. The highest BCUT2D eigenvalue weighted by molar-refractivity contribution is 7.89. The normalized spacial score (nSPS) is 16.7. The van der Waals surface area contributed by atoms with Crippen LogP contribution >= 0.6 is 24.0 Å². The third kappa shape index (κ3) is 5.75. The predicted molar refractivity (Wildman–Crippen MR) is 86.1 cm³/mol. The molecule has 11 heteroatoms. The Morgan fingerprint density at radius 1 is 1.25 bits per heavy atom. The first-order chi connectivity index (χ1) is 10.7. The number of nitrogens with one attached hydrogen (secondary N) is 1. The van der Waals surface area contributed by atoms with Crippen LogP contribution in [-0.4, -0.2) is 52.7 Å². The molecule has 1 saturated heterocycles. The molecule has 1 aliphatic heterocycles. The van der Waals surface area contributed by atoms with E-state index in [0.29, 0.717) is 38.9 Å². The van der Waals surface area contributed by atoms with Gasteiger partial charge in [-0.25, -0.2) is 13.1 Å². The second-order valence-corrected chi connectivity index (χ2v) is 7.14. The highest BCUT2D eigenvalue weighted by Crippen LogP contribution is 2.33. The van der Waals surface area contributed by atoms with Crippen LogP contribution < -0.4 is 4.72 Å². The highest BCUT2D eigenvalue weighted by atomic mass is 35.5. The first-order valence-corrected chi connectivity index (χ1v) is 8.73. The molecule has 1 fully saturated rings. The first-order valence-electron chi connectivity index (χ1n) is 6.87. The molecule has 1 aromatic rings. The fourth-order valence-electron chi connectivity index (χ4n) is 2.13. The van der Waals surface area contributed by atoms with E-state index in [1.165, 1.54) is 0 Å². The summed E-state index contributed by atoms with van der Waals surface area (Å²) in [5, 5.41) is -0.253. The molecule has 0 saturated carbocycles. The molecule has 2 rings (SSSR count). The molecule has 0 radical (unpaired) electrons. The Bertz CT molecular complexity index is 650. The lowest BCUT2D eigenvalue weighted by Gasteiger charge is -2.26. The Balaban J connectivity index is 0.00000288. The van der Waals surface area contributed by atoms with Crippen molar-refractivity contribution in [2.75, 3.05) is 39.4 Å². The lowest BCUT2D eigenvalue weighted by molar-refractivity contribution is -0.137. The van der Waals surface area contributed by atoms with Crippen molar-refractivity contribution in [2.45, 2.75) is 11.1 Å². The first kappa shape index (κ1) is 21.5. The maximum Gasteiger partial charge on any atom is 0.416 e. The van der Waals surface area contributed by atoms with E-state index >= 15 is 0 Å². The fraction of sp³-hybridized carbons (Fsp3) is 0.538. The summed E-state index contributed by atoms with van der Waals surface area (Å²) in [4.78, 5) is 1.43. The average molecular weight is 409 g/mol. The molecule has 5 nitrogen and oxygen atoms in total. The minimum Gasteiger partial charge on any atom is -0.379 e. The molecule has 1 aromatic carbocycles. The van der Waals surface area contributed by atoms with Crippen LogP contribution in [0, 0.1) is 0 Å². The summed E-state index contributed by atoms with van der Waals surface area (Å²) in [5.41, 5.74) is -1.06. The topological polar surface area (TPSA) is 58.6 Å². The summed E-state index contributed by atoms with van der Waals surface area (Å²) in [5.74, 6) is 0. The molecule has 24 heavy (non-hydrogen) atoms. The van der Waals surface area contributed by atoms with Crippen LogP contribution in [0.2, 0.25) is 5.02 Å². The van der Waals surface area contributed by atoms with E-state index in [1.54, 1.807) is 0 Å². The summed E-state index contributed by atoms with van der Waals surface area (Å²) in [6, 6.07) is 2.22. The SMILES string of the molecule is Cl.O=S(=O)(NCCN1CCOCC1)c1cc(C(F)(F)F)ccc1Cl. The Morgan fingerprint density at radius 2 is 1.88 bits per heavy atom. The fourth-order valence-corrected chi connectivity index (χ4v) is 3.67. The van der Waals surface area contributed by atoms with Gasteiger partial charge in [-0.3, -0.25) is 4.90 Å². The Labute approximate surface area is 149 Å². The van der Waals surface area contributed by atoms with Crippen molar-refractivity contribution in [2.24, 2.45) is 0 Å². The number of benzene rings is 1. The van der Waals surface area contributed by atoms with Crippen LogP contribution in [0.15, 0.2) is 23.1 Å². The number of rotatable bonds is 5. The summed E-state index contributed by atoms with van der Waals surface area (Å²) in [6.45, 7) is 3.05. The summed E-state index contributed by atoms with van der Waals surface area (Å²) < 4.78 is 69.9. The minimum absolute atomic E-state index is 0. The zero-order chi connectivity index (χ0) is 17.1. The maximum atomic E-state index is 12.7. The summed E-state index contributed by atoms with van der Waals surface area (Å²) in [6.07, 6.45) is -4.64. The lowest BCUT2D eigenvalue weighted by atomic mass is 10.2. The van der Waals surface area contributed by atoms with E-state index in [2.05, 4.69) is 4.72 Å². The van der Waals surface area contributed by atoms with E-state index < -0.39 is 26.7 Å². The van der Waals surface area contributed by atoms with Crippen molar-refractivity contribution in [1.82, 2.24) is 9.62 Å². The van der Waals surface area contributed by atoms with E-state index in [-0.39, 0.29) is 24.0 Å². The molecular weight excluding hydrogens is 392 g/mol. The van der Waals surface area contributed by atoms with Crippen LogP contribution in [0.1, 0.15) is 5.56 Å². The van der Waals surface area contributed by atoms with Gasteiger partial charge in [-0.05, 0) is 18.2 Å². The van der Waals surface area contributed by atoms with Gasteiger partial charge in [0.25, 0.3) is 0 Å². The van der Waals surface area contributed by atoms with Crippen LogP contribution in [0.3, 0.4) is 0 Å². The van der Waals surface area contributed by atoms with Gasteiger partial charge in [0.1, 0.15) is 4.90 Å². The summed E-state index contributed by atoms with van der Waals surface area (Å²) in [7, 11) is -4.11. The monoisotopic (exact) mass is 408 g/mol. The maximum absolute atomic E-state index is 12.7. The number of hydrogen-bond donors (Lipinski definition) is 1. The van der Waals surface area contributed by atoms with Crippen molar-refractivity contribution in [1.29, 1.82) is 0 Å². The molecular formula is C13H17Cl2F3N2O3S. The number of alkyl halides is 3. The van der Waals surface area contributed by atoms with Crippen LogP contribution in [0.5, 0.6) is 0 Å². The molecule has 0 spiro atoms. The van der Waals surface area contributed by atoms with Crippen molar-refractivity contribution in [3.8, 4) is 0 Å². The highest BCUT2D eigenvalue weighted by Gasteiger charge is 2.32. The number of ether oxygens (including phenoxy) is 1. The van der Waals surface area contributed by atoms with Crippen molar-refractivity contribution < 1.29 is 26.3 Å². The smallest absolute Gasteiger partial charge is 0.379 e. The number of nitrogens with zero attached hydrogens (tertiary/aromatic N) is 1. The van der Waals surface area contributed by atoms with Gasteiger partial charge in [0.2, 0.25) is 10.0 Å². The van der Waals surface area contributed by atoms with Crippen LogP contribution in [0.25, 0.3) is 0 Å². The molecule has 0 aliphatic carbocycles. The van der Waals surface area contributed by atoms with Crippen molar-refractivity contribution in [3.05, 3.63) is 28.8 Å².